The van der Waals surface area contributed by atoms with Gasteiger partial charge in [-0.1, -0.05) is 13.8 Å². The molecule has 0 amide bonds. The van der Waals surface area contributed by atoms with E-state index >= 15 is 0 Å². The quantitative estimate of drug-likeness (QED) is 0.734. The van der Waals surface area contributed by atoms with Crippen LogP contribution in [0.15, 0.2) is 0 Å². The first kappa shape index (κ1) is 15.4. The van der Waals surface area contributed by atoms with Gasteiger partial charge in [-0.2, -0.15) is 0 Å². The normalized spacial score (nSPS) is 23.1. The standard InChI is InChI=1S/C14H28N2O2/c1-5-18-14(17)13-10-15-8-9-16(13)12(4)7-6-11(2)3/h11-13,15H,5-10H2,1-4H3. The summed E-state index contributed by atoms with van der Waals surface area (Å²) in [6, 6.07) is 0.338. The SMILES string of the molecule is CCOC(=O)C1CNCCN1C(C)CCC(C)C. The zero-order valence-electron chi connectivity index (χ0n) is 12.2. The Morgan fingerprint density at radius 2 is 2.11 bits per heavy atom. The Bertz CT molecular complexity index is 256. The van der Waals surface area contributed by atoms with Crippen molar-refractivity contribution in [2.24, 2.45) is 5.92 Å². The fourth-order valence-electron chi connectivity index (χ4n) is 2.45. The van der Waals surface area contributed by atoms with Gasteiger partial charge in [0.25, 0.3) is 0 Å². The molecule has 0 aromatic carbocycles. The van der Waals surface area contributed by atoms with Crippen LogP contribution in [0.2, 0.25) is 0 Å². The summed E-state index contributed by atoms with van der Waals surface area (Å²) in [4.78, 5) is 14.2. The average Bonchev–Trinajstić information content (AvgIpc) is 2.36. The van der Waals surface area contributed by atoms with Gasteiger partial charge >= 0.3 is 5.97 Å². The Labute approximate surface area is 111 Å². The highest BCUT2D eigenvalue weighted by atomic mass is 16.5. The van der Waals surface area contributed by atoms with Crippen molar-refractivity contribution in [2.45, 2.75) is 52.6 Å². The lowest BCUT2D eigenvalue weighted by atomic mass is 10.0. The van der Waals surface area contributed by atoms with Crippen molar-refractivity contribution in [1.82, 2.24) is 10.2 Å². The lowest BCUT2D eigenvalue weighted by Gasteiger charge is -2.38. The topological polar surface area (TPSA) is 41.6 Å². The zero-order valence-corrected chi connectivity index (χ0v) is 12.2. The second-order valence-electron chi connectivity index (χ2n) is 5.53. The molecule has 1 N–H and O–H groups in total. The molecule has 4 nitrogen and oxygen atoms in total. The monoisotopic (exact) mass is 256 g/mol. The summed E-state index contributed by atoms with van der Waals surface area (Å²) >= 11 is 0. The Morgan fingerprint density at radius 3 is 2.72 bits per heavy atom. The number of hydrogen-bond acceptors (Lipinski definition) is 4. The van der Waals surface area contributed by atoms with Crippen LogP contribution in [0.1, 0.15) is 40.5 Å². The minimum atomic E-state index is -0.110. The molecule has 1 aliphatic heterocycles. The van der Waals surface area contributed by atoms with Gasteiger partial charge < -0.3 is 10.1 Å². The summed E-state index contributed by atoms with van der Waals surface area (Å²) in [5.41, 5.74) is 0. The van der Waals surface area contributed by atoms with Gasteiger partial charge in [-0.3, -0.25) is 9.69 Å². The molecule has 1 fully saturated rings. The van der Waals surface area contributed by atoms with Gasteiger partial charge in [-0.05, 0) is 32.6 Å². The van der Waals surface area contributed by atoms with E-state index in [2.05, 4.69) is 31.0 Å². The van der Waals surface area contributed by atoms with E-state index in [1.807, 2.05) is 6.92 Å². The molecule has 1 aliphatic rings. The van der Waals surface area contributed by atoms with Crippen molar-refractivity contribution in [2.75, 3.05) is 26.2 Å². The van der Waals surface area contributed by atoms with Crippen LogP contribution in [0.25, 0.3) is 0 Å². The average molecular weight is 256 g/mol. The van der Waals surface area contributed by atoms with E-state index in [9.17, 15) is 4.79 Å². The number of nitrogens with one attached hydrogen (secondary N) is 1. The predicted molar refractivity (Wildman–Crippen MR) is 73.5 cm³/mol. The molecule has 0 aromatic heterocycles. The molecular formula is C14H28N2O2. The maximum absolute atomic E-state index is 11.9. The lowest BCUT2D eigenvalue weighted by Crippen LogP contribution is -2.58. The third kappa shape index (κ3) is 4.58. The maximum Gasteiger partial charge on any atom is 0.324 e. The third-order valence-electron chi connectivity index (χ3n) is 3.57. The van der Waals surface area contributed by atoms with Crippen molar-refractivity contribution in [3.63, 3.8) is 0 Å². The molecule has 2 atom stereocenters. The molecule has 0 saturated carbocycles. The number of esters is 1. The summed E-state index contributed by atoms with van der Waals surface area (Å²) < 4.78 is 5.17. The van der Waals surface area contributed by atoms with Crippen molar-refractivity contribution in [1.29, 1.82) is 0 Å². The summed E-state index contributed by atoms with van der Waals surface area (Å²) in [5.74, 6) is 0.637. The van der Waals surface area contributed by atoms with Crippen LogP contribution in [0.4, 0.5) is 0 Å². The lowest BCUT2D eigenvalue weighted by molar-refractivity contribution is -0.151. The van der Waals surface area contributed by atoms with Crippen LogP contribution in [0.5, 0.6) is 0 Å². The second-order valence-corrected chi connectivity index (χ2v) is 5.53. The van der Waals surface area contributed by atoms with Gasteiger partial charge in [0.15, 0.2) is 0 Å². The number of carbonyl (C=O) groups excluding carboxylic acids is 1. The van der Waals surface area contributed by atoms with Crippen LogP contribution < -0.4 is 5.32 Å². The van der Waals surface area contributed by atoms with Crippen molar-refractivity contribution >= 4 is 5.97 Å². The molecule has 1 rings (SSSR count). The summed E-state index contributed by atoms with van der Waals surface area (Å²) in [6.45, 7) is 11.6. The molecule has 18 heavy (non-hydrogen) atoms. The predicted octanol–water partition coefficient (Wildman–Crippen LogP) is 1.65. The molecule has 2 unspecified atom stereocenters. The summed E-state index contributed by atoms with van der Waals surface area (Å²) in [7, 11) is 0. The number of piperazine rings is 1. The third-order valence-corrected chi connectivity index (χ3v) is 3.57. The van der Waals surface area contributed by atoms with Crippen molar-refractivity contribution < 1.29 is 9.53 Å². The van der Waals surface area contributed by atoms with Gasteiger partial charge in [0.2, 0.25) is 0 Å². The Balaban J connectivity index is 2.55. The highest BCUT2D eigenvalue weighted by Crippen LogP contribution is 2.16. The van der Waals surface area contributed by atoms with E-state index in [0.29, 0.717) is 19.2 Å². The maximum atomic E-state index is 11.9. The molecule has 1 saturated heterocycles. The molecule has 0 aromatic rings. The molecule has 1 heterocycles. The zero-order chi connectivity index (χ0) is 13.5. The first-order chi connectivity index (χ1) is 8.56. The van der Waals surface area contributed by atoms with Crippen LogP contribution in [-0.4, -0.2) is 49.2 Å². The van der Waals surface area contributed by atoms with Crippen molar-refractivity contribution in [3.05, 3.63) is 0 Å². The van der Waals surface area contributed by atoms with E-state index < -0.39 is 0 Å². The number of rotatable bonds is 6. The van der Waals surface area contributed by atoms with Crippen LogP contribution in [0, 0.1) is 5.92 Å². The van der Waals surface area contributed by atoms with Crippen molar-refractivity contribution in [3.8, 4) is 0 Å². The van der Waals surface area contributed by atoms with E-state index in [4.69, 9.17) is 4.74 Å². The Hall–Kier alpha value is -0.610. The first-order valence-corrected chi connectivity index (χ1v) is 7.19. The summed E-state index contributed by atoms with van der Waals surface area (Å²) in [6.07, 6.45) is 2.36. The van der Waals surface area contributed by atoms with Gasteiger partial charge in [0.05, 0.1) is 6.61 Å². The van der Waals surface area contributed by atoms with Crippen LogP contribution in [-0.2, 0) is 9.53 Å². The number of ether oxygens (including phenoxy) is 1. The second kappa shape index (κ2) is 7.74. The number of hydrogen-bond donors (Lipinski definition) is 1. The van der Waals surface area contributed by atoms with Crippen LogP contribution >= 0.6 is 0 Å². The van der Waals surface area contributed by atoms with Gasteiger partial charge in [-0.25, -0.2) is 0 Å². The molecule has 0 bridgehead atoms. The number of carbonyl (C=O) groups is 1. The van der Waals surface area contributed by atoms with E-state index in [1.54, 1.807) is 0 Å². The molecule has 0 aliphatic carbocycles. The Morgan fingerprint density at radius 1 is 1.39 bits per heavy atom. The first-order valence-electron chi connectivity index (χ1n) is 7.19. The van der Waals surface area contributed by atoms with Gasteiger partial charge in [0.1, 0.15) is 6.04 Å². The number of nitrogens with zero attached hydrogens (tertiary/aromatic N) is 1. The van der Waals surface area contributed by atoms with E-state index in [0.717, 1.165) is 25.4 Å². The fourth-order valence-corrected chi connectivity index (χ4v) is 2.45. The minimum Gasteiger partial charge on any atom is -0.465 e. The minimum absolute atomic E-state index is 0.0823. The highest BCUT2D eigenvalue weighted by molar-refractivity contribution is 5.76. The summed E-state index contributed by atoms with van der Waals surface area (Å²) in [5, 5.41) is 3.28. The van der Waals surface area contributed by atoms with Crippen LogP contribution in [0.3, 0.4) is 0 Å². The molecule has 0 spiro atoms. The largest absolute Gasteiger partial charge is 0.465 e. The highest BCUT2D eigenvalue weighted by Gasteiger charge is 2.32. The molecule has 4 heteroatoms. The smallest absolute Gasteiger partial charge is 0.324 e. The van der Waals surface area contributed by atoms with E-state index in [-0.39, 0.29) is 12.0 Å². The molecular weight excluding hydrogens is 228 g/mol. The Kier molecular flexibility index (Phi) is 6.65. The molecule has 106 valence electrons. The van der Waals surface area contributed by atoms with Gasteiger partial charge in [0, 0.05) is 25.7 Å². The van der Waals surface area contributed by atoms with Gasteiger partial charge in [-0.15, -0.1) is 0 Å². The molecule has 0 radical (unpaired) electrons. The van der Waals surface area contributed by atoms with E-state index in [1.165, 1.54) is 6.42 Å². The fraction of sp³-hybridized carbons (Fsp3) is 0.929.